The van der Waals surface area contributed by atoms with Gasteiger partial charge in [0.15, 0.2) is 6.61 Å². The van der Waals surface area contributed by atoms with Crippen LogP contribution in [0.4, 0.5) is 8.78 Å². The summed E-state index contributed by atoms with van der Waals surface area (Å²) in [5, 5.41) is 0. The Bertz CT molecular complexity index is 345. The predicted octanol–water partition coefficient (Wildman–Crippen LogP) is 4.67. The van der Waals surface area contributed by atoms with Gasteiger partial charge in [-0.05, 0) is 24.5 Å². The van der Waals surface area contributed by atoms with Crippen LogP contribution in [-0.2, 0) is 0 Å². The zero-order valence-corrected chi connectivity index (χ0v) is 10.6. The highest BCUT2D eigenvalue weighted by Gasteiger charge is 2.31. The normalized spacial score (nSPS) is 17.0. The molecule has 0 heterocycles. The minimum absolute atomic E-state index is 0.0511. The molecular weight excluding hydrogens is 234 g/mol. The minimum atomic E-state index is -2.71. The molecule has 18 heavy (non-hydrogen) atoms. The zero-order chi connectivity index (χ0) is 12.8. The molecule has 1 saturated carbocycles. The molecular formula is C15H20F2O. The maximum absolute atomic E-state index is 13.6. The number of ether oxygens (including phenoxy) is 1. The molecule has 0 atom stereocenters. The van der Waals surface area contributed by atoms with Crippen LogP contribution in [0.5, 0.6) is 5.75 Å². The molecule has 0 amide bonds. The Morgan fingerprint density at radius 1 is 1.11 bits per heavy atom. The molecule has 0 radical (unpaired) electrons. The highest BCUT2D eigenvalue weighted by Crippen LogP contribution is 2.32. The molecule has 3 heteroatoms. The SMILES string of the molecule is FC(F)(CCC1CCCC1)COc1ccccc1. The van der Waals surface area contributed by atoms with Crippen LogP contribution in [0, 0.1) is 5.92 Å². The molecule has 0 aromatic heterocycles. The molecule has 0 aliphatic heterocycles. The van der Waals surface area contributed by atoms with E-state index >= 15 is 0 Å². The summed E-state index contributed by atoms with van der Waals surface area (Å²) in [6, 6.07) is 8.81. The van der Waals surface area contributed by atoms with E-state index in [0.29, 0.717) is 18.1 Å². The number of hydrogen-bond donors (Lipinski definition) is 0. The van der Waals surface area contributed by atoms with Crippen molar-refractivity contribution in [1.82, 2.24) is 0 Å². The van der Waals surface area contributed by atoms with E-state index in [2.05, 4.69) is 0 Å². The molecule has 1 aromatic carbocycles. The van der Waals surface area contributed by atoms with Crippen LogP contribution >= 0.6 is 0 Å². The van der Waals surface area contributed by atoms with E-state index in [1.54, 1.807) is 24.3 Å². The second-order valence-electron chi connectivity index (χ2n) is 5.15. The van der Waals surface area contributed by atoms with Gasteiger partial charge in [0.25, 0.3) is 5.92 Å². The van der Waals surface area contributed by atoms with Crippen molar-refractivity contribution < 1.29 is 13.5 Å². The number of rotatable bonds is 6. The van der Waals surface area contributed by atoms with Crippen LogP contribution in [-0.4, -0.2) is 12.5 Å². The minimum Gasteiger partial charge on any atom is -0.487 e. The first-order valence-electron chi connectivity index (χ1n) is 6.71. The van der Waals surface area contributed by atoms with Crippen molar-refractivity contribution in [1.29, 1.82) is 0 Å². The van der Waals surface area contributed by atoms with Gasteiger partial charge in [0.05, 0.1) is 0 Å². The first-order valence-corrected chi connectivity index (χ1v) is 6.71. The third-order valence-electron chi connectivity index (χ3n) is 3.59. The molecule has 1 aliphatic carbocycles. The fraction of sp³-hybridized carbons (Fsp3) is 0.600. The fourth-order valence-electron chi connectivity index (χ4n) is 2.49. The lowest BCUT2D eigenvalue weighted by molar-refractivity contribution is -0.0518. The molecule has 1 nitrogen and oxygen atoms in total. The van der Waals surface area contributed by atoms with Crippen LogP contribution in [0.2, 0.25) is 0 Å². The second kappa shape index (κ2) is 6.17. The summed E-state index contributed by atoms with van der Waals surface area (Å²) in [7, 11) is 0. The summed E-state index contributed by atoms with van der Waals surface area (Å²) in [5.41, 5.74) is 0. The summed E-state index contributed by atoms with van der Waals surface area (Å²) in [4.78, 5) is 0. The third-order valence-corrected chi connectivity index (χ3v) is 3.59. The molecule has 1 aliphatic rings. The van der Waals surface area contributed by atoms with E-state index in [4.69, 9.17) is 4.74 Å². The third kappa shape index (κ3) is 4.28. The van der Waals surface area contributed by atoms with Crippen molar-refractivity contribution in [2.24, 2.45) is 5.92 Å². The summed E-state index contributed by atoms with van der Waals surface area (Å²) in [6.45, 7) is -0.510. The maximum atomic E-state index is 13.6. The van der Waals surface area contributed by atoms with Crippen LogP contribution < -0.4 is 4.74 Å². The molecule has 100 valence electrons. The van der Waals surface area contributed by atoms with Gasteiger partial charge in [-0.2, -0.15) is 0 Å². The number of para-hydroxylation sites is 1. The highest BCUT2D eigenvalue weighted by molar-refractivity contribution is 5.20. The van der Waals surface area contributed by atoms with Crippen molar-refractivity contribution in [2.45, 2.75) is 44.4 Å². The first kappa shape index (κ1) is 13.3. The molecule has 0 bridgehead atoms. The summed E-state index contributed by atoms with van der Waals surface area (Å²) >= 11 is 0. The fourth-order valence-corrected chi connectivity index (χ4v) is 2.49. The van der Waals surface area contributed by atoms with E-state index in [1.807, 2.05) is 6.07 Å². The van der Waals surface area contributed by atoms with Gasteiger partial charge in [-0.15, -0.1) is 0 Å². The van der Waals surface area contributed by atoms with Gasteiger partial charge in [0, 0.05) is 6.42 Å². The van der Waals surface area contributed by atoms with Crippen LogP contribution in [0.15, 0.2) is 30.3 Å². The largest absolute Gasteiger partial charge is 0.487 e. The standard InChI is InChI=1S/C15H20F2O/c16-15(17,11-10-13-6-4-5-7-13)12-18-14-8-2-1-3-9-14/h1-3,8-9,13H,4-7,10-12H2. The van der Waals surface area contributed by atoms with Gasteiger partial charge >= 0.3 is 0 Å². The Morgan fingerprint density at radius 2 is 1.78 bits per heavy atom. The zero-order valence-electron chi connectivity index (χ0n) is 10.6. The molecule has 0 unspecified atom stereocenters. The maximum Gasteiger partial charge on any atom is 0.281 e. The molecule has 1 fully saturated rings. The van der Waals surface area contributed by atoms with E-state index in [-0.39, 0.29) is 6.42 Å². The van der Waals surface area contributed by atoms with Gasteiger partial charge in [-0.1, -0.05) is 43.9 Å². The van der Waals surface area contributed by atoms with E-state index in [1.165, 1.54) is 12.8 Å². The van der Waals surface area contributed by atoms with E-state index in [0.717, 1.165) is 12.8 Å². The lowest BCUT2D eigenvalue weighted by atomic mass is 9.99. The van der Waals surface area contributed by atoms with Crippen LogP contribution in [0.1, 0.15) is 38.5 Å². The van der Waals surface area contributed by atoms with E-state index < -0.39 is 12.5 Å². The second-order valence-corrected chi connectivity index (χ2v) is 5.15. The average molecular weight is 254 g/mol. The smallest absolute Gasteiger partial charge is 0.281 e. The van der Waals surface area contributed by atoms with Gasteiger partial charge < -0.3 is 4.74 Å². The van der Waals surface area contributed by atoms with Crippen LogP contribution in [0.25, 0.3) is 0 Å². The van der Waals surface area contributed by atoms with Crippen molar-refractivity contribution in [2.75, 3.05) is 6.61 Å². The Kier molecular flexibility index (Phi) is 4.56. The number of alkyl halides is 2. The van der Waals surface area contributed by atoms with Crippen molar-refractivity contribution >= 4 is 0 Å². The average Bonchev–Trinajstić information content (AvgIpc) is 2.89. The summed E-state index contributed by atoms with van der Waals surface area (Å²) in [5.74, 6) is -1.69. The van der Waals surface area contributed by atoms with Crippen molar-refractivity contribution in [3.8, 4) is 5.75 Å². The number of halogens is 2. The molecule has 2 rings (SSSR count). The molecule has 0 N–H and O–H groups in total. The molecule has 0 saturated heterocycles. The van der Waals surface area contributed by atoms with Crippen molar-refractivity contribution in [3.63, 3.8) is 0 Å². The lowest BCUT2D eigenvalue weighted by Gasteiger charge is -2.19. The van der Waals surface area contributed by atoms with E-state index in [9.17, 15) is 8.78 Å². The quantitative estimate of drug-likeness (QED) is 0.716. The Hall–Kier alpha value is -1.12. The van der Waals surface area contributed by atoms with Crippen molar-refractivity contribution in [3.05, 3.63) is 30.3 Å². The summed E-state index contributed by atoms with van der Waals surface area (Å²) in [6.07, 6.45) is 5.23. The summed E-state index contributed by atoms with van der Waals surface area (Å²) < 4.78 is 32.4. The van der Waals surface area contributed by atoms with Gasteiger partial charge in [-0.3, -0.25) is 0 Å². The molecule has 1 aromatic rings. The monoisotopic (exact) mass is 254 g/mol. The Morgan fingerprint density at radius 3 is 2.44 bits per heavy atom. The number of benzene rings is 1. The highest BCUT2D eigenvalue weighted by atomic mass is 19.3. The van der Waals surface area contributed by atoms with Gasteiger partial charge in [-0.25, -0.2) is 8.78 Å². The lowest BCUT2D eigenvalue weighted by Crippen LogP contribution is -2.26. The van der Waals surface area contributed by atoms with Gasteiger partial charge in [0.2, 0.25) is 0 Å². The Labute approximate surface area is 107 Å². The Balaban J connectivity index is 1.72. The topological polar surface area (TPSA) is 9.23 Å². The predicted molar refractivity (Wildman–Crippen MR) is 68.1 cm³/mol. The first-order chi connectivity index (χ1) is 8.66. The van der Waals surface area contributed by atoms with Crippen LogP contribution in [0.3, 0.4) is 0 Å². The van der Waals surface area contributed by atoms with Gasteiger partial charge in [0.1, 0.15) is 5.75 Å². The molecule has 0 spiro atoms. The number of hydrogen-bond acceptors (Lipinski definition) is 1.